The molecule has 2 aliphatic heterocycles. The monoisotopic (exact) mass is 328 g/mol. The highest BCUT2D eigenvalue weighted by molar-refractivity contribution is 5.27. The zero-order valence-corrected chi connectivity index (χ0v) is 15.1. The van der Waals surface area contributed by atoms with Crippen molar-refractivity contribution in [2.45, 2.75) is 51.1 Å². The number of hydrogen-bond donors (Lipinski definition) is 0. The highest BCUT2D eigenvalue weighted by atomic mass is 16.5. The third-order valence-corrected chi connectivity index (χ3v) is 6.48. The van der Waals surface area contributed by atoms with E-state index in [2.05, 4.69) is 34.1 Å². The van der Waals surface area contributed by atoms with Gasteiger partial charge in [0.25, 0.3) is 0 Å². The highest BCUT2D eigenvalue weighted by Gasteiger charge is 2.42. The predicted molar refractivity (Wildman–Crippen MR) is 98.3 cm³/mol. The fourth-order valence-electron chi connectivity index (χ4n) is 5.44. The SMILES string of the molecule is COc1ccc(CN2CC3CCCC(C2)C3N2CCCCC2)cc1. The van der Waals surface area contributed by atoms with Crippen LogP contribution in [0, 0.1) is 11.8 Å². The molecule has 2 atom stereocenters. The Kier molecular flexibility index (Phi) is 5.09. The van der Waals surface area contributed by atoms with Crippen molar-refractivity contribution in [2.24, 2.45) is 11.8 Å². The summed E-state index contributed by atoms with van der Waals surface area (Å²) in [6.45, 7) is 6.41. The fraction of sp³-hybridized carbons (Fsp3) is 0.714. The Hall–Kier alpha value is -1.06. The molecule has 3 nitrogen and oxygen atoms in total. The number of rotatable bonds is 4. The first-order chi connectivity index (χ1) is 11.8. The summed E-state index contributed by atoms with van der Waals surface area (Å²) in [5, 5.41) is 0. The normalized spacial score (nSPS) is 31.8. The van der Waals surface area contributed by atoms with Crippen LogP contribution >= 0.6 is 0 Å². The van der Waals surface area contributed by atoms with E-state index in [9.17, 15) is 0 Å². The molecule has 0 aromatic heterocycles. The minimum absolute atomic E-state index is 0.881. The molecule has 132 valence electrons. The van der Waals surface area contributed by atoms with Gasteiger partial charge in [-0.3, -0.25) is 9.80 Å². The standard InChI is InChI=1S/C21H32N2O/c1-24-20-10-8-17(9-11-20)14-22-15-18-6-5-7-19(16-22)21(18)23-12-3-2-4-13-23/h8-11,18-19,21H,2-7,12-16H2,1H3. The Balaban J connectivity index is 1.41. The van der Waals surface area contributed by atoms with Gasteiger partial charge in [0.05, 0.1) is 7.11 Å². The van der Waals surface area contributed by atoms with E-state index in [0.29, 0.717) is 0 Å². The third-order valence-electron chi connectivity index (χ3n) is 6.48. The van der Waals surface area contributed by atoms with Crippen LogP contribution < -0.4 is 4.74 Å². The molecule has 0 spiro atoms. The van der Waals surface area contributed by atoms with Crippen molar-refractivity contribution < 1.29 is 4.74 Å². The summed E-state index contributed by atoms with van der Waals surface area (Å²) in [6, 6.07) is 9.52. The quantitative estimate of drug-likeness (QED) is 0.836. The van der Waals surface area contributed by atoms with Crippen LogP contribution in [0.15, 0.2) is 24.3 Å². The van der Waals surface area contributed by atoms with Crippen molar-refractivity contribution in [3.05, 3.63) is 29.8 Å². The van der Waals surface area contributed by atoms with Crippen molar-refractivity contribution in [3.63, 3.8) is 0 Å². The van der Waals surface area contributed by atoms with Gasteiger partial charge in [-0.25, -0.2) is 0 Å². The molecule has 2 unspecified atom stereocenters. The van der Waals surface area contributed by atoms with Gasteiger partial charge in [-0.05, 0) is 68.3 Å². The molecule has 4 rings (SSSR count). The van der Waals surface area contributed by atoms with Gasteiger partial charge in [0.15, 0.2) is 0 Å². The number of piperidine rings is 2. The average molecular weight is 329 g/mol. The van der Waals surface area contributed by atoms with Crippen LogP contribution in [0.5, 0.6) is 5.75 Å². The number of nitrogens with zero attached hydrogens (tertiary/aromatic N) is 2. The van der Waals surface area contributed by atoms with E-state index < -0.39 is 0 Å². The van der Waals surface area contributed by atoms with E-state index in [-0.39, 0.29) is 0 Å². The molecule has 1 aliphatic carbocycles. The van der Waals surface area contributed by atoms with Gasteiger partial charge in [-0.1, -0.05) is 25.0 Å². The van der Waals surface area contributed by atoms with E-state index in [0.717, 1.165) is 30.2 Å². The Morgan fingerprint density at radius 1 is 0.917 bits per heavy atom. The summed E-state index contributed by atoms with van der Waals surface area (Å²) < 4.78 is 5.28. The first kappa shape index (κ1) is 16.4. The molecule has 2 bridgehead atoms. The van der Waals surface area contributed by atoms with Crippen LogP contribution in [0.3, 0.4) is 0 Å². The van der Waals surface area contributed by atoms with Gasteiger partial charge in [-0.2, -0.15) is 0 Å². The summed E-state index contributed by atoms with van der Waals surface area (Å²) in [5.74, 6) is 2.75. The van der Waals surface area contributed by atoms with Gasteiger partial charge in [0, 0.05) is 25.7 Å². The van der Waals surface area contributed by atoms with Gasteiger partial charge < -0.3 is 4.74 Å². The Morgan fingerprint density at radius 2 is 1.58 bits per heavy atom. The number of benzene rings is 1. The van der Waals surface area contributed by atoms with Crippen molar-refractivity contribution in [1.82, 2.24) is 9.80 Å². The predicted octanol–water partition coefficient (Wildman–Crippen LogP) is 3.78. The summed E-state index contributed by atoms with van der Waals surface area (Å²) in [4.78, 5) is 5.58. The van der Waals surface area contributed by atoms with E-state index in [1.807, 2.05) is 0 Å². The highest BCUT2D eigenvalue weighted by Crippen LogP contribution is 2.39. The van der Waals surface area contributed by atoms with E-state index in [1.165, 1.54) is 70.3 Å². The molecule has 3 fully saturated rings. The van der Waals surface area contributed by atoms with Crippen LogP contribution in [0.1, 0.15) is 44.1 Å². The lowest BCUT2D eigenvalue weighted by atomic mass is 9.72. The molecule has 24 heavy (non-hydrogen) atoms. The number of fused-ring (bicyclic) bond motifs is 2. The molecule has 2 saturated heterocycles. The molecule has 1 aromatic rings. The second kappa shape index (κ2) is 7.45. The van der Waals surface area contributed by atoms with Crippen LogP contribution in [-0.4, -0.2) is 49.1 Å². The Labute approximate surface area is 147 Å². The first-order valence-electron chi connectivity index (χ1n) is 9.93. The van der Waals surface area contributed by atoms with Crippen LogP contribution in [0.2, 0.25) is 0 Å². The molecule has 1 saturated carbocycles. The molecular formula is C21H32N2O. The largest absolute Gasteiger partial charge is 0.497 e. The van der Waals surface area contributed by atoms with E-state index in [1.54, 1.807) is 7.11 Å². The van der Waals surface area contributed by atoms with E-state index >= 15 is 0 Å². The van der Waals surface area contributed by atoms with Crippen molar-refractivity contribution in [3.8, 4) is 5.75 Å². The minimum atomic E-state index is 0.881. The number of ether oxygens (including phenoxy) is 1. The third kappa shape index (κ3) is 3.48. The zero-order valence-electron chi connectivity index (χ0n) is 15.1. The summed E-state index contributed by atoms with van der Waals surface area (Å²) in [6.07, 6.45) is 8.63. The van der Waals surface area contributed by atoms with E-state index in [4.69, 9.17) is 4.74 Å². The van der Waals surface area contributed by atoms with Gasteiger partial charge >= 0.3 is 0 Å². The lowest BCUT2D eigenvalue weighted by Crippen LogP contribution is -2.58. The maximum absolute atomic E-state index is 5.28. The fourth-order valence-corrected chi connectivity index (χ4v) is 5.44. The zero-order chi connectivity index (χ0) is 16.4. The van der Waals surface area contributed by atoms with Crippen LogP contribution in [0.25, 0.3) is 0 Å². The second-order valence-corrected chi connectivity index (χ2v) is 8.08. The maximum atomic E-state index is 5.28. The first-order valence-corrected chi connectivity index (χ1v) is 9.93. The number of hydrogen-bond acceptors (Lipinski definition) is 3. The maximum Gasteiger partial charge on any atom is 0.118 e. The van der Waals surface area contributed by atoms with Crippen molar-refractivity contribution >= 4 is 0 Å². The van der Waals surface area contributed by atoms with Gasteiger partial charge in [-0.15, -0.1) is 0 Å². The average Bonchev–Trinajstić information content (AvgIpc) is 2.62. The number of likely N-dealkylation sites (tertiary alicyclic amines) is 2. The minimum Gasteiger partial charge on any atom is -0.497 e. The Bertz CT molecular complexity index is 509. The lowest BCUT2D eigenvalue weighted by molar-refractivity contribution is -0.0290. The molecule has 0 N–H and O–H groups in total. The van der Waals surface area contributed by atoms with Crippen molar-refractivity contribution in [1.29, 1.82) is 0 Å². The molecular weight excluding hydrogens is 296 g/mol. The van der Waals surface area contributed by atoms with Gasteiger partial charge in [0.1, 0.15) is 5.75 Å². The second-order valence-electron chi connectivity index (χ2n) is 8.08. The number of methoxy groups -OCH3 is 1. The molecule has 0 amide bonds. The topological polar surface area (TPSA) is 15.7 Å². The Morgan fingerprint density at radius 3 is 2.21 bits per heavy atom. The summed E-state index contributed by atoms with van der Waals surface area (Å²) in [7, 11) is 1.74. The molecule has 3 aliphatic rings. The summed E-state index contributed by atoms with van der Waals surface area (Å²) in [5.41, 5.74) is 1.42. The van der Waals surface area contributed by atoms with Crippen LogP contribution in [0.4, 0.5) is 0 Å². The van der Waals surface area contributed by atoms with Crippen molar-refractivity contribution in [2.75, 3.05) is 33.3 Å². The smallest absolute Gasteiger partial charge is 0.118 e. The van der Waals surface area contributed by atoms with Gasteiger partial charge in [0.2, 0.25) is 0 Å². The molecule has 1 aromatic carbocycles. The summed E-state index contributed by atoms with van der Waals surface area (Å²) >= 11 is 0. The molecule has 2 heterocycles. The van der Waals surface area contributed by atoms with Crippen LogP contribution in [-0.2, 0) is 6.54 Å². The molecule has 0 radical (unpaired) electrons. The lowest BCUT2D eigenvalue weighted by Gasteiger charge is -2.52. The molecule has 3 heteroatoms.